The molecule has 130 valence electrons. The summed E-state index contributed by atoms with van der Waals surface area (Å²) in [6.45, 7) is 0. The largest absolute Gasteiger partial charge is 0.456 e. The van der Waals surface area contributed by atoms with E-state index in [1.54, 1.807) is 0 Å². The molecule has 0 radical (unpaired) electrons. The van der Waals surface area contributed by atoms with E-state index in [9.17, 15) is 0 Å². The van der Waals surface area contributed by atoms with E-state index in [1.807, 2.05) is 54.6 Å². The van der Waals surface area contributed by atoms with E-state index in [0.29, 0.717) is 6.42 Å². The predicted octanol–water partition coefficient (Wildman–Crippen LogP) is 7.23. The van der Waals surface area contributed by atoms with Gasteiger partial charge >= 0.3 is 0 Å². The van der Waals surface area contributed by atoms with Crippen LogP contribution >= 0.6 is 11.6 Å². The van der Waals surface area contributed by atoms with E-state index in [-0.39, 0.29) is 0 Å². The van der Waals surface area contributed by atoms with Gasteiger partial charge in [0.2, 0.25) is 0 Å². The Hall–Kier alpha value is -2.97. The molecule has 0 N–H and O–H groups in total. The third-order valence-electron chi connectivity index (χ3n) is 5.52. The van der Waals surface area contributed by atoms with Crippen molar-refractivity contribution in [3.05, 3.63) is 89.7 Å². The van der Waals surface area contributed by atoms with Gasteiger partial charge in [-0.3, -0.25) is 0 Å². The summed E-state index contributed by atoms with van der Waals surface area (Å²) in [5.74, 6) is 0.835. The average Bonchev–Trinajstić information content (AvgIpc) is 3.26. The first kappa shape index (κ1) is 15.1. The van der Waals surface area contributed by atoms with Crippen LogP contribution in [0.5, 0.6) is 0 Å². The molecule has 6 rings (SSSR count). The van der Waals surface area contributed by atoms with Crippen LogP contribution in [0.3, 0.4) is 0 Å². The van der Waals surface area contributed by atoms with E-state index < -0.39 is 4.87 Å². The molecule has 1 aliphatic carbocycles. The second-order valence-electron chi connectivity index (χ2n) is 7.02. The number of rotatable bonds is 1. The van der Waals surface area contributed by atoms with Crippen molar-refractivity contribution in [1.82, 2.24) is 0 Å². The molecule has 3 aromatic carbocycles. The van der Waals surface area contributed by atoms with E-state index in [0.717, 1.165) is 49.8 Å². The first-order valence-electron chi connectivity index (χ1n) is 9.04. The lowest BCUT2D eigenvalue weighted by molar-refractivity contribution is 0.582. The molecule has 2 heterocycles. The average molecular weight is 371 g/mol. The highest BCUT2D eigenvalue weighted by molar-refractivity contribution is 6.29. The summed E-state index contributed by atoms with van der Waals surface area (Å²) >= 11 is 7.43. The van der Waals surface area contributed by atoms with Crippen LogP contribution in [-0.4, -0.2) is 0 Å². The van der Waals surface area contributed by atoms with Crippen LogP contribution in [0, 0.1) is 0 Å². The summed E-state index contributed by atoms with van der Waals surface area (Å²) in [6.07, 6.45) is 4.83. The van der Waals surface area contributed by atoms with Crippen LogP contribution in [0.2, 0.25) is 0 Å². The smallest absolute Gasteiger partial charge is 0.135 e. The van der Waals surface area contributed by atoms with Gasteiger partial charge in [-0.2, -0.15) is 0 Å². The fourth-order valence-corrected chi connectivity index (χ4v) is 4.81. The van der Waals surface area contributed by atoms with Crippen LogP contribution in [0.4, 0.5) is 0 Å². The van der Waals surface area contributed by atoms with Gasteiger partial charge in [-0.25, -0.2) is 0 Å². The molecule has 0 spiro atoms. The van der Waals surface area contributed by atoms with Gasteiger partial charge < -0.3 is 8.83 Å². The molecular formula is C24H15ClO2. The lowest BCUT2D eigenvalue weighted by atomic mass is 9.81. The topological polar surface area (TPSA) is 26.3 Å². The Morgan fingerprint density at radius 1 is 0.741 bits per heavy atom. The number of fused-ring (bicyclic) bond motifs is 6. The maximum atomic E-state index is 7.43. The van der Waals surface area contributed by atoms with E-state index in [1.165, 1.54) is 0 Å². The number of allylic oxidation sites excluding steroid dienone is 1. The molecule has 0 saturated heterocycles. The molecule has 0 fully saturated rings. The normalized spacial score (nSPS) is 19.1. The number of halogens is 1. The number of hydrogen-bond donors (Lipinski definition) is 0. The summed E-state index contributed by atoms with van der Waals surface area (Å²) in [4.78, 5) is -0.706. The Morgan fingerprint density at radius 3 is 2.30 bits per heavy atom. The van der Waals surface area contributed by atoms with Crippen molar-refractivity contribution in [3.63, 3.8) is 0 Å². The van der Waals surface area contributed by atoms with Gasteiger partial charge in [0.25, 0.3) is 0 Å². The maximum Gasteiger partial charge on any atom is 0.135 e. The number of benzene rings is 3. The molecule has 0 amide bonds. The third kappa shape index (κ3) is 1.96. The SMILES string of the molecule is ClC1(c2cccc3oc4ccccc4c23)CC=Cc2oc3ccccc3c21. The summed E-state index contributed by atoms with van der Waals surface area (Å²) in [7, 11) is 0. The van der Waals surface area contributed by atoms with Crippen LogP contribution < -0.4 is 0 Å². The lowest BCUT2D eigenvalue weighted by Crippen LogP contribution is -2.22. The maximum absolute atomic E-state index is 7.43. The standard InChI is InChI=1S/C24H15ClO2/c25-24(14-6-13-21-23(24)16-8-2-4-11-19(16)27-21)17-9-5-12-20-22(17)15-7-1-3-10-18(15)26-20/h1-13H,14H2. The van der Waals surface area contributed by atoms with Crippen LogP contribution in [0.1, 0.15) is 23.3 Å². The summed E-state index contributed by atoms with van der Waals surface area (Å²) in [5.41, 5.74) is 4.70. The minimum atomic E-state index is -0.706. The second kappa shape index (κ2) is 5.28. The minimum absolute atomic E-state index is 0.698. The molecule has 3 heteroatoms. The van der Waals surface area contributed by atoms with Gasteiger partial charge in [-0.05, 0) is 36.3 Å². The molecule has 0 saturated carbocycles. The summed E-state index contributed by atoms with van der Waals surface area (Å²) in [6, 6.07) is 22.4. The zero-order valence-electron chi connectivity index (χ0n) is 14.4. The molecule has 5 aromatic rings. The predicted molar refractivity (Wildman–Crippen MR) is 110 cm³/mol. The first-order chi connectivity index (χ1) is 13.3. The van der Waals surface area contributed by atoms with Crippen molar-refractivity contribution in [3.8, 4) is 0 Å². The third-order valence-corrected chi connectivity index (χ3v) is 6.06. The Balaban J connectivity index is 1.75. The molecule has 27 heavy (non-hydrogen) atoms. The van der Waals surface area contributed by atoms with Gasteiger partial charge in [-0.1, -0.05) is 54.6 Å². The molecule has 2 nitrogen and oxygen atoms in total. The fourth-order valence-electron chi connectivity index (χ4n) is 4.37. The van der Waals surface area contributed by atoms with Gasteiger partial charge in [0.1, 0.15) is 27.4 Å². The number of alkyl halides is 1. The van der Waals surface area contributed by atoms with Crippen LogP contribution in [0.25, 0.3) is 39.0 Å². The summed E-state index contributed by atoms with van der Waals surface area (Å²) in [5, 5.41) is 3.23. The van der Waals surface area contributed by atoms with Crippen LogP contribution in [-0.2, 0) is 4.87 Å². The van der Waals surface area contributed by atoms with Crippen molar-refractivity contribution in [2.45, 2.75) is 11.3 Å². The minimum Gasteiger partial charge on any atom is -0.456 e. The zero-order valence-corrected chi connectivity index (χ0v) is 15.2. The molecule has 0 bridgehead atoms. The molecule has 2 aromatic heterocycles. The van der Waals surface area contributed by atoms with Crippen molar-refractivity contribution in [2.24, 2.45) is 0 Å². The molecule has 1 aliphatic rings. The van der Waals surface area contributed by atoms with Gasteiger partial charge in [-0.15, -0.1) is 11.6 Å². The molecular weight excluding hydrogens is 356 g/mol. The number of furan rings is 2. The van der Waals surface area contributed by atoms with Crippen molar-refractivity contribution >= 4 is 50.6 Å². The van der Waals surface area contributed by atoms with Gasteiger partial charge in [0.15, 0.2) is 0 Å². The highest BCUT2D eigenvalue weighted by atomic mass is 35.5. The molecule has 1 unspecified atom stereocenters. The van der Waals surface area contributed by atoms with Crippen molar-refractivity contribution in [2.75, 3.05) is 0 Å². The van der Waals surface area contributed by atoms with E-state index in [2.05, 4.69) is 24.3 Å². The van der Waals surface area contributed by atoms with E-state index in [4.69, 9.17) is 20.4 Å². The van der Waals surface area contributed by atoms with Crippen molar-refractivity contribution in [1.29, 1.82) is 0 Å². The van der Waals surface area contributed by atoms with Crippen molar-refractivity contribution < 1.29 is 8.83 Å². The molecule has 1 atom stereocenters. The highest BCUT2D eigenvalue weighted by Crippen LogP contribution is 2.51. The number of hydrogen-bond acceptors (Lipinski definition) is 2. The Morgan fingerprint density at radius 2 is 1.44 bits per heavy atom. The quantitative estimate of drug-likeness (QED) is 0.291. The second-order valence-corrected chi connectivity index (χ2v) is 7.67. The number of para-hydroxylation sites is 2. The van der Waals surface area contributed by atoms with Gasteiger partial charge in [0.05, 0.1) is 0 Å². The van der Waals surface area contributed by atoms with E-state index >= 15 is 0 Å². The van der Waals surface area contributed by atoms with Gasteiger partial charge in [0, 0.05) is 21.7 Å². The zero-order chi connectivity index (χ0) is 18.0. The first-order valence-corrected chi connectivity index (χ1v) is 9.42. The molecule has 0 aliphatic heterocycles. The summed E-state index contributed by atoms with van der Waals surface area (Å²) < 4.78 is 12.2. The van der Waals surface area contributed by atoms with Crippen LogP contribution in [0.15, 0.2) is 81.6 Å². The Bertz CT molecular complexity index is 1370. The Labute approximate surface area is 160 Å². The monoisotopic (exact) mass is 370 g/mol. The Kier molecular flexibility index (Phi) is 2.95. The lowest BCUT2D eigenvalue weighted by Gasteiger charge is -2.29. The highest BCUT2D eigenvalue weighted by Gasteiger charge is 2.40. The fraction of sp³-hybridized carbons (Fsp3) is 0.0833.